The van der Waals surface area contributed by atoms with Gasteiger partial charge in [-0.05, 0) is 36.8 Å². The number of carbonyl (C=O) groups excluding carboxylic acids is 2. The molecule has 1 aliphatic rings. The molecule has 1 aromatic heterocycles. The highest BCUT2D eigenvalue weighted by Gasteiger charge is 2.38. The Hall–Kier alpha value is -3.66. The van der Waals surface area contributed by atoms with E-state index in [2.05, 4.69) is 15.2 Å². The molecule has 1 saturated heterocycles. The predicted octanol–water partition coefficient (Wildman–Crippen LogP) is 2.52. The predicted molar refractivity (Wildman–Crippen MR) is 113 cm³/mol. The summed E-state index contributed by atoms with van der Waals surface area (Å²) in [5, 5.41) is 6.63. The van der Waals surface area contributed by atoms with Crippen LogP contribution in [0.5, 0.6) is 0 Å². The number of anilines is 2. The number of likely N-dealkylation sites (tertiary alicyclic amines) is 1. The lowest BCUT2D eigenvalue weighted by Gasteiger charge is -2.16. The van der Waals surface area contributed by atoms with Crippen molar-refractivity contribution < 1.29 is 22.5 Å². The maximum atomic E-state index is 12.7. The van der Waals surface area contributed by atoms with Crippen molar-refractivity contribution in [2.24, 2.45) is 0 Å². The summed E-state index contributed by atoms with van der Waals surface area (Å²) in [7, 11) is -3.84. The molecule has 0 spiro atoms. The molecule has 0 aliphatic carbocycles. The molecule has 0 bridgehead atoms. The summed E-state index contributed by atoms with van der Waals surface area (Å²) in [6.45, 7) is 1.88. The summed E-state index contributed by atoms with van der Waals surface area (Å²) >= 11 is 0. The van der Waals surface area contributed by atoms with Crippen molar-refractivity contribution in [2.45, 2.75) is 30.8 Å². The number of rotatable bonds is 7. The minimum Gasteiger partial charge on any atom is -0.373 e. The van der Waals surface area contributed by atoms with Gasteiger partial charge >= 0.3 is 0 Å². The summed E-state index contributed by atoms with van der Waals surface area (Å²) in [4.78, 5) is 26.2. The number of nitrogens with one attached hydrogen (secondary N) is 2. The molecule has 2 aromatic carbocycles. The van der Waals surface area contributed by atoms with Gasteiger partial charge in [0, 0.05) is 11.8 Å². The Morgan fingerprint density at radius 1 is 1.10 bits per heavy atom. The maximum absolute atomic E-state index is 12.7. The second-order valence-corrected chi connectivity index (χ2v) is 8.84. The molecule has 31 heavy (non-hydrogen) atoms. The Morgan fingerprint density at radius 2 is 1.81 bits per heavy atom. The van der Waals surface area contributed by atoms with Crippen LogP contribution in [0.25, 0.3) is 0 Å². The number of hydrogen-bond donors (Lipinski definition) is 2. The fourth-order valence-corrected chi connectivity index (χ4v) is 4.25. The van der Waals surface area contributed by atoms with E-state index in [9.17, 15) is 18.0 Å². The minimum absolute atomic E-state index is 0.0261. The molecule has 4 rings (SSSR count). The lowest BCUT2D eigenvalue weighted by Crippen LogP contribution is -2.34. The third-order valence-electron chi connectivity index (χ3n) is 4.80. The third-order valence-corrected chi connectivity index (χ3v) is 6.17. The van der Waals surface area contributed by atoms with Gasteiger partial charge in [-0.25, -0.2) is 8.42 Å². The molecule has 1 aliphatic heterocycles. The number of nitrogens with zero attached hydrogens (tertiary/aromatic N) is 2. The molecule has 0 radical (unpaired) electrons. The number of hydrogen-bond acceptors (Lipinski definition) is 7. The van der Waals surface area contributed by atoms with Crippen LogP contribution in [0.4, 0.5) is 11.5 Å². The molecule has 10 heteroatoms. The van der Waals surface area contributed by atoms with Gasteiger partial charge in [0.15, 0.2) is 5.82 Å². The average molecular weight is 440 g/mol. The molecule has 0 saturated carbocycles. The largest absolute Gasteiger partial charge is 0.373 e. The second-order valence-electron chi connectivity index (χ2n) is 7.16. The minimum atomic E-state index is -3.84. The van der Waals surface area contributed by atoms with Gasteiger partial charge < -0.3 is 9.84 Å². The van der Waals surface area contributed by atoms with Crippen molar-refractivity contribution in [1.82, 2.24) is 10.1 Å². The van der Waals surface area contributed by atoms with Gasteiger partial charge in [0.05, 0.1) is 17.9 Å². The lowest BCUT2D eigenvalue weighted by molar-refractivity contribution is -0.139. The molecule has 2 amide bonds. The first kappa shape index (κ1) is 20.6. The van der Waals surface area contributed by atoms with E-state index in [0.29, 0.717) is 11.4 Å². The van der Waals surface area contributed by atoms with Crippen molar-refractivity contribution in [3.8, 4) is 0 Å². The van der Waals surface area contributed by atoms with Crippen LogP contribution < -0.4 is 10.0 Å². The zero-order valence-corrected chi connectivity index (χ0v) is 17.4. The zero-order valence-electron chi connectivity index (χ0n) is 16.6. The van der Waals surface area contributed by atoms with Crippen LogP contribution in [0, 0.1) is 6.92 Å². The Labute approximate surface area is 179 Å². The Kier molecular flexibility index (Phi) is 5.47. The number of sulfonamides is 1. The fraction of sp³-hybridized carbons (Fsp3) is 0.190. The summed E-state index contributed by atoms with van der Waals surface area (Å²) in [5.74, 6) is 0.00823. The van der Waals surface area contributed by atoms with Gasteiger partial charge in [0.1, 0.15) is 11.8 Å². The monoisotopic (exact) mass is 440 g/mol. The summed E-state index contributed by atoms with van der Waals surface area (Å²) < 4.78 is 32.1. The number of aryl methyl sites for hydroxylation is 1. The van der Waals surface area contributed by atoms with Gasteiger partial charge in [0.25, 0.3) is 15.9 Å². The van der Waals surface area contributed by atoms with Crippen LogP contribution in [0.15, 0.2) is 70.1 Å². The van der Waals surface area contributed by atoms with Gasteiger partial charge in [-0.1, -0.05) is 35.5 Å². The van der Waals surface area contributed by atoms with Crippen LogP contribution in [0.3, 0.4) is 0 Å². The SMILES string of the molecule is Cc1cc(NS(=O)(=O)c2ccc(N[C@H]3CC(=O)N(Cc4ccccc4)C3=O)cc2)no1. The second kappa shape index (κ2) is 8.23. The zero-order chi connectivity index (χ0) is 22.0. The van der Waals surface area contributed by atoms with E-state index in [1.54, 1.807) is 19.1 Å². The smallest absolute Gasteiger partial charge is 0.263 e. The summed E-state index contributed by atoms with van der Waals surface area (Å²) in [6, 6.07) is 15.9. The van der Waals surface area contributed by atoms with Crippen LogP contribution >= 0.6 is 0 Å². The molecule has 2 heterocycles. The van der Waals surface area contributed by atoms with Crippen LogP contribution in [0.2, 0.25) is 0 Å². The standard InChI is InChI=1S/C21H20N4O5S/c1-14-11-19(23-30-14)24-31(28,29)17-9-7-16(8-10-17)22-18-12-20(26)25(21(18)27)13-15-5-3-2-4-6-15/h2-11,18,22H,12-13H2,1H3,(H,23,24)/t18-/m0/s1. The van der Waals surface area contributed by atoms with Gasteiger partial charge in [0.2, 0.25) is 5.91 Å². The van der Waals surface area contributed by atoms with Gasteiger partial charge in [-0.3, -0.25) is 19.2 Å². The van der Waals surface area contributed by atoms with Crippen LogP contribution in [0.1, 0.15) is 17.7 Å². The first-order valence-corrected chi connectivity index (χ1v) is 11.0. The van der Waals surface area contributed by atoms with Crippen molar-refractivity contribution in [1.29, 1.82) is 0 Å². The van der Waals surface area contributed by atoms with E-state index in [4.69, 9.17) is 4.52 Å². The quantitative estimate of drug-likeness (QED) is 0.542. The molecule has 1 fully saturated rings. The lowest BCUT2D eigenvalue weighted by atomic mass is 10.2. The molecule has 3 aromatic rings. The fourth-order valence-electron chi connectivity index (χ4n) is 3.27. The molecule has 0 unspecified atom stereocenters. The Morgan fingerprint density at radius 3 is 2.45 bits per heavy atom. The molecular weight excluding hydrogens is 420 g/mol. The van der Waals surface area contributed by atoms with Crippen molar-refractivity contribution in [3.05, 3.63) is 72.0 Å². The van der Waals surface area contributed by atoms with E-state index in [1.807, 2.05) is 30.3 Å². The topological polar surface area (TPSA) is 122 Å². The van der Waals surface area contributed by atoms with Crippen LogP contribution in [-0.4, -0.2) is 36.3 Å². The average Bonchev–Trinajstić information content (AvgIpc) is 3.26. The van der Waals surface area contributed by atoms with E-state index >= 15 is 0 Å². The highest BCUT2D eigenvalue weighted by molar-refractivity contribution is 7.92. The Bertz CT molecular complexity index is 1210. The number of imide groups is 1. The first-order valence-electron chi connectivity index (χ1n) is 9.53. The maximum Gasteiger partial charge on any atom is 0.263 e. The highest BCUT2D eigenvalue weighted by Crippen LogP contribution is 2.22. The van der Waals surface area contributed by atoms with E-state index in [1.165, 1.54) is 23.1 Å². The number of amides is 2. The number of aromatic nitrogens is 1. The van der Waals surface area contributed by atoms with E-state index in [-0.39, 0.29) is 35.5 Å². The summed E-state index contributed by atoms with van der Waals surface area (Å²) in [6.07, 6.45) is 0.0405. The molecule has 160 valence electrons. The Balaban J connectivity index is 1.42. The number of benzene rings is 2. The molecule has 1 atom stereocenters. The van der Waals surface area contributed by atoms with Crippen molar-refractivity contribution in [3.63, 3.8) is 0 Å². The third kappa shape index (κ3) is 4.58. The molecular formula is C21H20N4O5S. The highest BCUT2D eigenvalue weighted by atomic mass is 32.2. The van der Waals surface area contributed by atoms with E-state index < -0.39 is 16.1 Å². The van der Waals surface area contributed by atoms with Crippen LogP contribution in [-0.2, 0) is 26.2 Å². The van der Waals surface area contributed by atoms with Gasteiger partial charge in [-0.15, -0.1) is 0 Å². The van der Waals surface area contributed by atoms with Gasteiger partial charge in [-0.2, -0.15) is 0 Å². The first-order chi connectivity index (χ1) is 14.8. The number of carbonyl (C=O) groups is 2. The van der Waals surface area contributed by atoms with Crippen molar-refractivity contribution in [2.75, 3.05) is 10.0 Å². The van der Waals surface area contributed by atoms with Crippen molar-refractivity contribution >= 4 is 33.3 Å². The summed E-state index contributed by atoms with van der Waals surface area (Å²) in [5.41, 5.74) is 1.40. The van der Waals surface area contributed by atoms with E-state index in [0.717, 1.165) is 5.56 Å². The molecule has 9 nitrogen and oxygen atoms in total. The normalized spacial score (nSPS) is 16.5. The molecule has 2 N–H and O–H groups in total.